The van der Waals surface area contributed by atoms with E-state index in [0.29, 0.717) is 12.5 Å². The van der Waals surface area contributed by atoms with Crippen LogP contribution in [0.2, 0.25) is 0 Å². The zero-order valence-electron chi connectivity index (χ0n) is 10.4. The van der Waals surface area contributed by atoms with Crippen LogP contribution in [-0.2, 0) is 4.79 Å². The molecule has 0 aromatic carbocycles. The van der Waals surface area contributed by atoms with Gasteiger partial charge < -0.3 is 16.4 Å². The normalized spacial score (nSPS) is 15.7. The summed E-state index contributed by atoms with van der Waals surface area (Å²) < 4.78 is 0. The Hall–Kier alpha value is -0.610. The first-order valence-corrected chi connectivity index (χ1v) is 5.64. The van der Waals surface area contributed by atoms with E-state index in [1.165, 1.54) is 0 Å². The first-order chi connectivity index (χ1) is 6.85. The minimum absolute atomic E-state index is 0.430. The van der Waals surface area contributed by atoms with E-state index in [9.17, 15) is 4.79 Å². The molecule has 0 aromatic heterocycles. The van der Waals surface area contributed by atoms with Gasteiger partial charge in [0, 0.05) is 12.6 Å². The van der Waals surface area contributed by atoms with Crippen molar-refractivity contribution >= 4 is 5.91 Å². The maximum atomic E-state index is 11.0. The molecule has 0 saturated heterocycles. The fourth-order valence-corrected chi connectivity index (χ4v) is 1.63. The van der Waals surface area contributed by atoms with Crippen LogP contribution in [0, 0.1) is 0 Å². The van der Waals surface area contributed by atoms with E-state index in [0.717, 1.165) is 19.4 Å². The molecule has 0 radical (unpaired) electrons. The lowest BCUT2D eigenvalue weighted by Gasteiger charge is -2.29. The second-order valence-electron chi connectivity index (χ2n) is 4.48. The van der Waals surface area contributed by atoms with Crippen LogP contribution in [0.3, 0.4) is 0 Å². The van der Waals surface area contributed by atoms with Gasteiger partial charge >= 0.3 is 0 Å². The first-order valence-electron chi connectivity index (χ1n) is 5.64. The molecule has 0 aliphatic rings. The average molecular weight is 215 g/mol. The van der Waals surface area contributed by atoms with E-state index < -0.39 is 11.4 Å². The molecule has 4 N–H and O–H groups in total. The Morgan fingerprint density at radius 1 is 1.40 bits per heavy atom. The van der Waals surface area contributed by atoms with Crippen LogP contribution >= 0.6 is 0 Å². The molecule has 0 aliphatic carbocycles. The molecule has 1 amide bonds. The molecule has 0 bridgehead atoms. The summed E-state index contributed by atoms with van der Waals surface area (Å²) in [7, 11) is 2.06. The van der Waals surface area contributed by atoms with Crippen molar-refractivity contribution in [2.45, 2.75) is 51.6 Å². The summed E-state index contributed by atoms with van der Waals surface area (Å²) in [6, 6.07) is 0.564. The SMILES string of the molecule is CCC(CC)N(C)CCC(C)(N)C(N)=O. The van der Waals surface area contributed by atoms with Crippen molar-refractivity contribution in [2.75, 3.05) is 13.6 Å². The lowest BCUT2D eigenvalue weighted by molar-refractivity contribution is -0.122. The molecule has 4 nitrogen and oxygen atoms in total. The van der Waals surface area contributed by atoms with Crippen LogP contribution in [-0.4, -0.2) is 36.0 Å². The summed E-state index contributed by atoms with van der Waals surface area (Å²) in [4.78, 5) is 13.3. The van der Waals surface area contributed by atoms with Gasteiger partial charge in [-0.15, -0.1) is 0 Å². The molecule has 0 spiro atoms. The van der Waals surface area contributed by atoms with Crippen molar-refractivity contribution in [3.63, 3.8) is 0 Å². The predicted octanol–water partition coefficient (Wildman–Crippen LogP) is 0.700. The number of hydrogen-bond donors (Lipinski definition) is 2. The van der Waals surface area contributed by atoms with E-state index in [2.05, 4.69) is 25.8 Å². The predicted molar refractivity (Wildman–Crippen MR) is 63.4 cm³/mol. The fourth-order valence-electron chi connectivity index (χ4n) is 1.63. The van der Waals surface area contributed by atoms with Crippen LogP contribution in [0.15, 0.2) is 0 Å². The number of carbonyl (C=O) groups excluding carboxylic acids is 1. The highest BCUT2D eigenvalue weighted by Gasteiger charge is 2.26. The second-order valence-corrected chi connectivity index (χ2v) is 4.48. The highest BCUT2D eigenvalue weighted by molar-refractivity contribution is 5.83. The second kappa shape index (κ2) is 6.08. The molecule has 1 atom stereocenters. The quantitative estimate of drug-likeness (QED) is 0.656. The van der Waals surface area contributed by atoms with E-state index in [-0.39, 0.29) is 0 Å². The summed E-state index contributed by atoms with van der Waals surface area (Å²) in [6.07, 6.45) is 2.84. The van der Waals surface area contributed by atoms with Gasteiger partial charge in [-0.05, 0) is 33.2 Å². The van der Waals surface area contributed by atoms with Crippen molar-refractivity contribution in [1.29, 1.82) is 0 Å². The van der Waals surface area contributed by atoms with E-state index in [1.807, 2.05) is 0 Å². The van der Waals surface area contributed by atoms with Gasteiger partial charge in [-0.2, -0.15) is 0 Å². The number of primary amides is 1. The number of rotatable bonds is 7. The summed E-state index contributed by atoms with van der Waals surface area (Å²) in [5.74, 6) is -0.430. The minimum Gasteiger partial charge on any atom is -0.368 e. The van der Waals surface area contributed by atoms with Gasteiger partial charge in [0.25, 0.3) is 0 Å². The summed E-state index contributed by atoms with van der Waals surface area (Å²) in [5, 5.41) is 0. The molecule has 1 unspecified atom stereocenters. The molecule has 90 valence electrons. The Kier molecular flexibility index (Phi) is 5.83. The Balaban J connectivity index is 4.09. The van der Waals surface area contributed by atoms with Gasteiger partial charge in [-0.25, -0.2) is 0 Å². The van der Waals surface area contributed by atoms with Gasteiger partial charge in [0.05, 0.1) is 5.54 Å². The molecule has 0 aliphatic heterocycles. The number of nitrogens with two attached hydrogens (primary N) is 2. The number of carbonyl (C=O) groups is 1. The van der Waals surface area contributed by atoms with Crippen molar-refractivity contribution in [3.05, 3.63) is 0 Å². The van der Waals surface area contributed by atoms with Crippen molar-refractivity contribution in [2.24, 2.45) is 11.5 Å². The van der Waals surface area contributed by atoms with Crippen LogP contribution in [0.25, 0.3) is 0 Å². The standard InChI is InChI=1S/C11H25N3O/c1-5-9(6-2)14(4)8-7-11(3,13)10(12)15/h9H,5-8,13H2,1-4H3,(H2,12,15). The summed E-state index contributed by atoms with van der Waals surface area (Å²) in [5.41, 5.74) is 10.1. The average Bonchev–Trinajstić information content (AvgIpc) is 2.16. The molecular formula is C11H25N3O. The molecule has 0 saturated carbocycles. The molecule has 0 fully saturated rings. The maximum Gasteiger partial charge on any atom is 0.237 e. The lowest BCUT2D eigenvalue weighted by Crippen LogP contribution is -2.51. The molecule has 0 heterocycles. The Morgan fingerprint density at radius 2 is 1.87 bits per heavy atom. The van der Waals surface area contributed by atoms with Crippen molar-refractivity contribution in [3.8, 4) is 0 Å². The van der Waals surface area contributed by atoms with E-state index in [4.69, 9.17) is 11.5 Å². The molecule has 4 heteroatoms. The van der Waals surface area contributed by atoms with Gasteiger partial charge in [-0.1, -0.05) is 13.8 Å². The highest BCUT2D eigenvalue weighted by Crippen LogP contribution is 2.10. The van der Waals surface area contributed by atoms with Crippen LogP contribution < -0.4 is 11.5 Å². The third-order valence-electron chi connectivity index (χ3n) is 3.11. The molecule has 15 heavy (non-hydrogen) atoms. The van der Waals surface area contributed by atoms with Gasteiger partial charge in [-0.3, -0.25) is 4.79 Å². The zero-order valence-corrected chi connectivity index (χ0v) is 10.4. The number of amides is 1. The Bertz CT molecular complexity index is 200. The third-order valence-corrected chi connectivity index (χ3v) is 3.11. The minimum atomic E-state index is -0.889. The van der Waals surface area contributed by atoms with E-state index in [1.54, 1.807) is 6.92 Å². The summed E-state index contributed by atoms with van der Waals surface area (Å²) >= 11 is 0. The molecular weight excluding hydrogens is 190 g/mol. The topological polar surface area (TPSA) is 72.3 Å². The van der Waals surface area contributed by atoms with Crippen molar-refractivity contribution in [1.82, 2.24) is 4.90 Å². The Morgan fingerprint density at radius 3 is 2.20 bits per heavy atom. The van der Waals surface area contributed by atoms with Gasteiger partial charge in [0.15, 0.2) is 0 Å². The number of nitrogens with zero attached hydrogens (tertiary/aromatic N) is 1. The van der Waals surface area contributed by atoms with E-state index >= 15 is 0 Å². The zero-order chi connectivity index (χ0) is 12.1. The molecule has 0 aromatic rings. The summed E-state index contributed by atoms with van der Waals surface area (Å²) in [6.45, 7) is 6.83. The smallest absolute Gasteiger partial charge is 0.237 e. The van der Waals surface area contributed by atoms with Crippen LogP contribution in [0.1, 0.15) is 40.0 Å². The Labute approximate surface area is 93.0 Å². The lowest BCUT2D eigenvalue weighted by atomic mass is 9.98. The van der Waals surface area contributed by atoms with Crippen molar-refractivity contribution < 1.29 is 4.79 Å². The van der Waals surface area contributed by atoms with Gasteiger partial charge in [0.1, 0.15) is 0 Å². The molecule has 0 rings (SSSR count). The third kappa shape index (κ3) is 4.62. The maximum absolute atomic E-state index is 11.0. The largest absolute Gasteiger partial charge is 0.368 e. The fraction of sp³-hybridized carbons (Fsp3) is 0.909. The number of hydrogen-bond acceptors (Lipinski definition) is 3. The first kappa shape index (κ1) is 14.4. The van der Waals surface area contributed by atoms with Crippen LogP contribution in [0.4, 0.5) is 0 Å². The highest BCUT2D eigenvalue weighted by atomic mass is 16.1. The van der Waals surface area contributed by atoms with Crippen LogP contribution in [0.5, 0.6) is 0 Å². The monoisotopic (exact) mass is 215 g/mol. The van der Waals surface area contributed by atoms with Gasteiger partial charge in [0.2, 0.25) is 5.91 Å².